The monoisotopic (exact) mass is 360 g/mol. The molecule has 114 valence electrons. The SMILES string of the molecule is CCCN1C(=O)c2cccc3c(NCCBr)ccc(c23)C1=O. The molecule has 0 saturated carbocycles. The van der Waals surface area contributed by atoms with Crippen molar-refractivity contribution in [1.29, 1.82) is 0 Å². The van der Waals surface area contributed by atoms with Gasteiger partial charge >= 0.3 is 0 Å². The largest absolute Gasteiger partial charge is 0.384 e. The summed E-state index contributed by atoms with van der Waals surface area (Å²) in [6.45, 7) is 3.20. The number of hydrogen-bond acceptors (Lipinski definition) is 3. The highest BCUT2D eigenvalue weighted by molar-refractivity contribution is 9.09. The summed E-state index contributed by atoms with van der Waals surface area (Å²) in [6, 6.07) is 9.37. The van der Waals surface area contributed by atoms with E-state index in [-0.39, 0.29) is 11.8 Å². The van der Waals surface area contributed by atoms with Gasteiger partial charge in [0, 0.05) is 46.0 Å². The van der Waals surface area contributed by atoms with Crippen molar-refractivity contribution in [3.63, 3.8) is 0 Å². The van der Waals surface area contributed by atoms with Gasteiger partial charge in [0.15, 0.2) is 0 Å². The molecule has 5 heteroatoms. The minimum Gasteiger partial charge on any atom is -0.384 e. The van der Waals surface area contributed by atoms with Crippen LogP contribution in [0.5, 0.6) is 0 Å². The topological polar surface area (TPSA) is 49.4 Å². The summed E-state index contributed by atoms with van der Waals surface area (Å²) in [7, 11) is 0. The second kappa shape index (κ2) is 6.08. The summed E-state index contributed by atoms with van der Waals surface area (Å²) in [5.41, 5.74) is 2.18. The summed E-state index contributed by atoms with van der Waals surface area (Å²) < 4.78 is 0. The zero-order valence-electron chi connectivity index (χ0n) is 12.4. The van der Waals surface area contributed by atoms with Crippen LogP contribution in [0.25, 0.3) is 10.8 Å². The van der Waals surface area contributed by atoms with Crippen LogP contribution in [0.4, 0.5) is 5.69 Å². The first-order chi connectivity index (χ1) is 10.7. The summed E-state index contributed by atoms with van der Waals surface area (Å²) in [4.78, 5) is 26.6. The van der Waals surface area contributed by atoms with Crippen LogP contribution in [-0.4, -0.2) is 35.1 Å². The minimum atomic E-state index is -0.192. The van der Waals surface area contributed by atoms with Crippen molar-refractivity contribution >= 4 is 44.2 Å². The number of hydrogen-bond donors (Lipinski definition) is 1. The Labute approximate surface area is 137 Å². The van der Waals surface area contributed by atoms with Crippen molar-refractivity contribution in [3.05, 3.63) is 41.5 Å². The Hall–Kier alpha value is -1.88. The molecule has 0 bridgehead atoms. The number of alkyl halides is 1. The molecule has 4 nitrogen and oxygen atoms in total. The molecule has 2 aromatic rings. The van der Waals surface area contributed by atoms with Crippen LogP contribution in [0.1, 0.15) is 34.1 Å². The van der Waals surface area contributed by atoms with Gasteiger partial charge in [-0.3, -0.25) is 14.5 Å². The van der Waals surface area contributed by atoms with Crippen molar-refractivity contribution in [2.45, 2.75) is 13.3 Å². The van der Waals surface area contributed by atoms with E-state index < -0.39 is 0 Å². The lowest BCUT2D eigenvalue weighted by atomic mass is 9.93. The number of rotatable bonds is 5. The standard InChI is InChI=1S/C17H17BrN2O2/c1-2-10-20-16(21)12-5-3-4-11-14(19-9-8-18)7-6-13(15(11)12)17(20)22/h3-7,19H,2,8-10H2,1H3. The van der Waals surface area contributed by atoms with Gasteiger partial charge in [-0.25, -0.2) is 0 Å². The van der Waals surface area contributed by atoms with Crippen LogP contribution < -0.4 is 5.32 Å². The molecule has 0 saturated heterocycles. The van der Waals surface area contributed by atoms with Gasteiger partial charge < -0.3 is 5.32 Å². The predicted molar refractivity (Wildman–Crippen MR) is 91.9 cm³/mol. The molecule has 3 rings (SSSR count). The van der Waals surface area contributed by atoms with Crippen LogP contribution in [0.2, 0.25) is 0 Å². The first-order valence-electron chi connectivity index (χ1n) is 7.40. The number of nitrogens with zero attached hydrogens (tertiary/aromatic N) is 1. The van der Waals surface area contributed by atoms with Crippen LogP contribution in [0.15, 0.2) is 30.3 Å². The predicted octanol–water partition coefficient (Wildman–Crippen LogP) is 3.65. The Balaban J connectivity index is 2.20. The van der Waals surface area contributed by atoms with E-state index in [0.29, 0.717) is 17.7 Å². The molecule has 1 aliphatic rings. The minimum absolute atomic E-state index is 0.192. The number of carbonyl (C=O) groups is 2. The molecule has 0 aliphatic carbocycles. The fraction of sp³-hybridized carbons (Fsp3) is 0.294. The quantitative estimate of drug-likeness (QED) is 0.653. The Morgan fingerprint density at radius 3 is 2.50 bits per heavy atom. The van der Waals surface area contributed by atoms with E-state index in [1.807, 2.05) is 31.2 Å². The molecular formula is C17H17BrN2O2. The van der Waals surface area contributed by atoms with Gasteiger partial charge in [0.25, 0.3) is 11.8 Å². The first-order valence-corrected chi connectivity index (χ1v) is 8.53. The molecular weight excluding hydrogens is 344 g/mol. The molecule has 0 spiro atoms. The third-order valence-electron chi connectivity index (χ3n) is 3.85. The van der Waals surface area contributed by atoms with Gasteiger partial charge in [0.2, 0.25) is 0 Å². The molecule has 1 aliphatic heterocycles. The second-order valence-corrected chi connectivity index (χ2v) is 6.06. The van der Waals surface area contributed by atoms with Crippen molar-refractivity contribution in [2.75, 3.05) is 23.7 Å². The zero-order valence-corrected chi connectivity index (χ0v) is 13.9. The average Bonchev–Trinajstić information content (AvgIpc) is 2.54. The Bertz CT molecular complexity index is 735. The molecule has 0 atom stereocenters. The molecule has 0 fully saturated rings. The van der Waals surface area contributed by atoms with E-state index in [1.54, 1.807) is 6.07 Å². The van der Waals surface area contributed by atoms with E-state index >= 15 is 0 Å². The second-order valence-electron chi connectivity index (χ2n) is 5.27. The van der Waals surface area contributed by atoms with Crippen molar-refractivity contribution in [1.82, 2.24) is 4.90 Å². The number of anilines is 1. The fourth-order valence-electron chi connectivity index (χ4n) is 2.91. The maximum absolute atomic E-state index is 12.6. The molecule has 0 unspecified atom stereocenters. The zero-order chi connectivity index (χ0) is 15.7. The van der Waals surface area contributed by atoms with Crippen molar-refractivity contribution < 1.29 is 9.59 Å². The maximum Gasteiger partial charge on any atom is 0.261 e. The van der Waals surface area contributed by atoms with E-state index in [4.69, 9.17) is 0 Å². The molecule has 1 N–H and O–H groups in total. The first kappa shape index (κ1) is 15.0. The lowest BCUT2D eigenvalue weighted by molar-refractivity contribution is 0.0611. The Kier molecular flexibility index (Phi) is 4.16. The van der Waals surface area contributed by atoms with Crippen LogP contribution >= 0.6 is 15.9 Å². The fourth-order valence-corrected chi connectivity index (χ4v) is 3.11. The summed E-state index contributed by atoms with van der Waals surface area (Å²) >= 11 is 3.39. The van der Waals surface area contributed by atoms with Gasteiger partial charge in [-0.15, -0.1) is 0 Å². The lowest BCUT2D eigenvalue weighted by Gasteiger charge is -2.27. The number of amides is 2. The molecule has 2 amide bonds. The Morgan fingerprint density at radius 1 is 1.09 bits per heavy atom. The summed E-state index contributed by atoms with van der Waals surface area (Å²) in [5.74, 6) is -0.384. The van der Waals surface area contributed by atoms with Gasteiger partial charge in [-0.1, -0.05) is 35.0 Å². The maximum atomic E-state index is 12.6. The smallest absolute Gasteiger partial charge is 0.261 e. The third kappa shape index (κ3) is 2.29. The van der Waals surface area contributed by atoms with Gasteiger partial charge in [-0.2, -0.15) is 0 Å². The number of nitrogens with one attached hydrogen (secondary N) is 1. The highest BCUT2D eigenvalue weighted by Gasteiger charge is 2.32. The van der Waals surface area contributed by atoms with Crippen LogP contribution in [0.3, 0.4) is 0 Å². The summed E-state index contributed by atoms with van der Waals surface area (Å²) in [5, 5.41) is 5.85. The van der Waals surface area contributed by atoms with Gasteiger partial charge in [0.1, 0.15) is 0 Å². The van der Waals surface area contributed by atoms with E-state index in [1.165, 1.54) is 4.90 Å². The number of carbonyl (C=O) groups excluding carboxylic acids is 2. The van der Waals surface area contributed by atoms with Crippen LogP contribution in [-0.2, 0) is 0 Å². The molecule has 1 heterocycles. The number of imide groups is 1. The van der Waals surface area contributed by atoms with Crippen molar-refractivity contribution in [3.8, 4) is 0 Å². The molecule has 2 aromatic carbocycles. The van der Waals surface area contributed by atoms with Gasteiger partial charge in [0.05, 0.1) is 0 Å². The highest BCUT2D eigenvalue weighted by Crippen LogP contribution is 2.34. The van der Waals surface area contributed by atoms with E-state index in [2.05, 4.69) is 21.2 Å². The average molecular weight is 361 g/mol. The normalized spacial score (nSPS) is 13.8. The molecule has 22 heavy (non-hydrogen) atoms. The Morgan fingerprint density at radius 2 is 1.82 bits per heavy atom. The number of halogens is 1. The summed E-state index contributed by atoms with van der Waals surface area (Å²) in [6.07, 6.45) is 0.758. The van der Waals surface area contributed by atoms with E-state index in [0.717, 1.165) is 34.8 Å². The number of benzene rings is 2. The van der Waals surface area contributed by atoms with Crippen LogP contribution in [0, 0.1) is 0 Å². The van der Waals surface area contributed by atoms with Gasteiger partial charge in [-0.05, 0) is 24.6 Å². The molecule has 0 aromatic heterocycles. The van der Waals surface area contributed by atoms with E-state index in [9.17, 15) is 9.59 Å². The third-order valence-corrected chi connectivity index (χ3v) is 4.25. The lowest BCUT2D eigenvalue weighted by Crippen LogP contribution is -2.40. The van der Waals surface area contributed by atoms with Crippen molar-refractivity contribution in [2.24, 2.45) is 0 Å². The highest BCUT2D eigenvalue weighted by atomic mass is 79.9. The molecule has 0 radical (unpaired) electrons.